The van der Waals surface area contributed by atoms with Gasteiger partial charge in [0.2, 0.25) is 11.8 Å². The van der Waals surface area contributed by atoms with Crippen molar-refractivity contribution in [1.29, 1.82) is 0 Å². The molecule has 1 unspecified atom stereocenters. The normalized spacial score (nSPS) is 12.5. The average molecular weight is 144 g/mol. The molecule has 0 aromatic heterocycles. The van der Waals surface area contributed by atoms with E-state index in [9.17, 15) is 9.59 Å². The number of hydrogen-bond acceptors (Lipinski definition) is 2. The van der Waals surface area contributed by atoms with Gasteiger partial charge < -0.3 is 11.5 Å². The first-order chi connectivity index (χ1) is 4.54. The monoisotopic (exact) mass is 144 g/mol. The van der Waals surface area contributed by atoms with Crippen molar-refractivity contribution in [2.75, 3.05) is 0 Å². The second kappa shape index (κ2) is 3.84. The van der Waals surface area contributed by atoms with Crippen LogP contribution >= 0.6 is 0 Å². The van der Waals surface area contributed by atoms with E-state index in [-0.39, 0.29) is 12.8 Å². The quantitative estimate of drug-likeness (QED) is 0.494. The fourth-order valence-corrected chi connectivity index (χ4v) is 0.429. The molecule has 0 aliphatic carbocycles. The third-order valence-electron chi connectivity index (χ3n) is 1.02. The standard InChI is InChI=1S/C5H10N3O2/c6-3(5(8)10)1-2-4(7)9/h3,6H,1-2H2,(H2,7,9)(H2,8,10). The molecule has 5 nitrogen and oxygen atoms in total. The number of amides is 2. The summed E-state index contributed by atoms with van der Waals surface area (Å²) in [6.45, 7) is 0. The van der Waals surface area contributed by atoms with Crippen LogP contribution in [0.1, 0.15) is 12.8 Å². The zero-order valence-electron chi connectivity index (χ0n) is 5.46. The molecular weight excluding hydrogens is 134 g/mol. The molecule has 5 N–H and O–H groups in total. The van der Waals surface area contributed by atoms with Crippen LogP contribution in [0.15, 0.2) is 0 Å². The van der Waals surface area contributed by atoms with Crippen LogP contribution in [0.2, 0.25) is 0 Å². The van der Waals surface area contributed by atoms with Crippen LogP contribution in [0.25, 0.3) is 0 Å². The molecule has 1 radical (unpaired) electrons. The maximum atomic E-state index is 10.2. The van der Waals surface area contributed by atoms with Gasteiger partial charge in [-0.25, -0.2) is 5.73 Å². The van der Waals surface area contributed by atoms with Gasteiger partial charge in [0.05, 0.1) is 0 Å². The number of carbonyl (C=O) groups is 2. The first-order valence-corrected chi connectivity index (χ1v) is 2.82. The fourth-order valence-electron chi connectivity index (χ4n) is 0.429. The number of nitrogens with two attached hydrogens (primary N) is 2. The molecule has 0 saturated carbocycles. The Morgan fingerprint density at radius 3 is 2.20 bits per heavy atom. The molecule has 0 bridgehead atoms. The van der Waals surface area contributed by atoms with E-state index in [0.29, 0.717) is 0 Å². The zero-order valence-corrected chi connectivity index (χ0v) is 5.46. The second-order valence-corrected chi connectivity index (χ2v) is 1.96. The van der Waals surface area contributed by atoms with E-state index in [1.54, 1.807) is 0 Å². The third kappa shape index (κ3) is 3.85. The van der Waals surface area contributed by atoms with Gasteiger partial charge in [-0.15, -0.1) is 0 Å². The van der Waals surface area contributed by atoms with Gasteiger partial charge in [0.15, 0.2) is 0 Å². The molecule has 0 heterocycles. The first kappa shape index (κ1) is 8.90. The summed E-state index contributed by atoms with van der Waals surface area (Å²) < 4.78 is 0. The zero-order chi connectivity index (χ0) is 8.15. The smallest absolute Gasteiger partial charge is 0.235 e. The van der Waals surface area contributed by atoms with E-state index in [0.717, 1.165) is 0 Å². The Kier molecular flexibility index (Phi) is 3.42. The summed E-state index contributed by atoms with van der Waals surface area (Å²) in [6, 6.07) is -1.01. The maximum absolute atomic E-state index is 10.2. The van der Waals surface area contributed by atoms with Crippen LogP contribution in [-0.4, -0.2) is 17.9 Å². The Bertz CT molecular complexity index is 146. The van der Waals surface area contributed by atoms with E-state index in [4.69, 9.17) is 17.2 Å². The fraction of sp³-hybridized carbons (Fsp3) is 0.600. The van der Waals surface area contributed by atoms with Crippen molar-refractivity contribution in [2.24, 2.45) is 11.5 Å². The topological polar surface area (TPSA) is 110 Å². The first-order valence-electron chi connectivity index (χ1n) is 2.82. The Morgan fingerprint density at radius 1 is 1.40 bits per heavy atom. The lowest BCUT2D eigenvalue weighted by Gasteiger charge is -2.01. The molecule has 1 atom stereocenters. The molecule has 10 heavy (non-hydrogen) atoms. The average Bonchev–Trinajstić information content (AvgIpc) is 1.82. The summed E-state index contributed by atoms with van der Waals surface area (Å²) in [5, 5.41) is 0. The number of rotatable bonds is 4. The van der Waals surface area contributed by atoms with Crippen LogP contribution in [0.5, 0.6) is 0 Å². The van der Waals surface area contributed by atoms with Gasteiger partial charge in [-0.3, -0.25) is 9.59 Å². The maximum Gasteiger partial charge on any atom is 0.235 e. The molecular formula is C5H10N3O2. The summed E-state index contributed by atoms with van der Waals surface area (Å²) in [5.74, 6) is -1.24. The molecule has 57 valence electrons. The Hall–Kier alpha value is -1.10. The van der Waals surface area contributed by atoms with Gasteiger partial charge >= 0.3 is 0 Å². The number of primary amides is 2. The van der Waals surface area contributed by atoms with Crippen LogP contribution in [-0.2, 0) is 9.59 Å². The van der Waals surface area contributed by atoms with Crippen molar-refractivity contribution in [3.8, 4) is 0 Å². The lowest BCUT2D eigenvalue weighted by molar-refractivity contribution is -0.120. The van der Waals surface area contributed by atoms with Crippen LogP contribution in [0, 0.1) is 0 Å². The Labute approximate surface area is 58.5 Å². The molecule has 0 rings (SSSR count). The van der Waals surface area contributed by atoms with Crippen LogP contribution in [0.3, 0.4) is 0 Å². The van der Waals surface area contributed by atoms with Crippen molar-refractivity contribution in [3.05, 3.63) is 0 Å². The van der Waals surface area contributed by atoms with Crippen molar-refractivity contribution >= 4 is 11.8 Å². The minimum absolute atomic E-state index is 0.0388. The molecule has 0 aromatic carbocycles. The van der Waals surface area contributed by atoms with Gasteiger partial charge in [0, 0.05) is 6.42 Å². The number of nitrogens with one attached hydrogen (secondary N) is 1. The lowest BCUT2D eigenvalue weighted by Crippen LogP contribution is -2.30. The Balaban J connectivity index is 3.49. The van der Waals surface area contributed by atoms with Gasteiger partial charge in [-0.1, -0.05) is 0 Å². The van der Waals surface area contributed by atoms with Crippen molar-refractivity contribution in [2.45, 2.75) is 18.9 Å². The number of carbonyl (C=O) groups excluding carboxylic acids is 2. The highest BCUT2D eigenvalue weighted by atomic mass is 16.1. The summed E-state index contributed by atoms with van der Waals surface area (Å²) in [5.41, 5.74) is 16.4. The minimum Gasteiger partial charge on any atom is -0.370 e. The van der Waals surface area contributed by atoms with Crippen LogP contribution < -0.4 is 17.2 Å². The van der Waals surface area contributed by atoms with Gasteiger partial charge in [-0.2, -0.15) is 0 Å². The largest absolute Gasteiger partial charge is 0.370 e. The SMILES string of the molecule is [NH]C(CCC(N)=O)C(N)=O. The predicted molar refractivity (Wildman–Crippen MR) is 34.5 cm³/mol. The molecule has 0 fully saturated rings. The summed E-state index contributed by atoms with van der Waals surface area (Å²) in [6.07, 6.45) is 0.155. The minimum atomic E-state index is -1.01. The predicted octanol–water partition coefficient (Wildman–Crippen LogP) is -1.61. The summed E-state index contributed by atoms with van der Waals surface area (Å²) in [7, 11) is 0. The second-order valence-electron chi connectivity index (χ2n) is 1.96. The molecule has 0 aromatic rings. The molecule has 0 aliphatic rings. The molecule has 0 spiro atoms. The van der Waals surface area contributed by atoms with Crippen molar-refractivity contribution in [3.63, 3.8) is 0 Å². The van der Waals surface area contributed by atoms with E-state index >= 15 is 0 Å². The van der Waals surface area contributed by atoms with E-state index in [1.165, 1.54) is 0 Å². The molecule has 0 aliphatic heterocycles. The highest BCUT2D eigenvalue weighted by Gasteiger charge is 2.10. The molecule has 2 amide bonds. The van der Waals surface area contributed by atoms with E-state index in [2.05, 4.69) is 0 Å². The lowest BCUT2D eigenvalue weighted by atomic mass is 10.1. The van der Waals surface area contributed by atoms with Crippen LogP contribution in [0.4, 0.5) is 0 Å². The van der Waals surface area contributed by atoms with Gasteiger partial charge in [-0.05, 0) is 6.42 Å². The van der Waals surface area contributed by atoms with Crippen molar-refractivity contribution in [1.82, 2.24) is 5.73 Å². The highest BCUT2D eigenvalue weighted by molar-refractivity contribution is 5.80. The van der Waals surface area contributed by atoms with Crippen molar-refractivity contribution < 1.29 is 9.59 Å². The van der Waals surface area contributed by atoms with E-state index in [1.807, 2.05) is 0 Å². The third-order valence-corrected chi connectivity index (χ3v) is 1.02. The summed E-state index contributed by atoms with van der Waals surface area (Å²) >= 11 is 0. The van der Waals surface area contributed by atoms with Gasteiger partial charge in [0.25, 0.3) is 0 Å². The highest BCUT2D eigenvalue weighted by Crippen LogP contribution is 1.93. The summed E-state index contributed by atoms with van der Waals surface area (Å²) in [4.78, 5) is 20.3. The van der Waals surface area contributed by atoms with E-state index < -0.39 is 17.9 Å². The van der Waals surface area contributed by atoms with Gasteiger partial charge in [0.1, 0.15) is 6.04 Å². The molecule has 0 saturated heterocycles. The Morgan fingerprint density at radius 2 is 1.90 bits per heavy atom. The molecule has 5 heteroatoms. The number of hydrogen-bond donors (Lipinski definition) is 2.